The van der Waals surface area contributed by atoms with Crippen molar-refractivity contribution >= 4 is 28.1 Å². The van der Waals surface area contributed by atoms with Crippen LogP contribution in [0.2, 0.25) is 0 Å². The molecule has 0 aromatic carbocycles. The van der Waals surface area contributed by atoms with Crippen molar-refractivity contribution in [1.29, 1.82) is 0 Å². The molecule has 0 atom stereocenters. The minimum atomic E-state index is 0.791. The Morgan fingerprint density at radius 3 is 2.93 bits per heavy atom. The zero-order chi connectivity index (χ0) is 10.3. The van der Waals surface area contributed by atoms with E-state index < -0.39 is 0 Å². The smallest absolute Gasteiger partial charge is 0.181 e. The van der Waals surface area contributed by atoms with E-state index in [2.05, 4.69) is 27.6 Å². The highest BCUT2D eigenvalue weighted by Gasteiger charge is 2.11. The van der Waals surface area contributed by atoms with E-state index in [1.165, 1.54) is 0 Å². The maximum Gasteiger partial charge on any atom is 0.181 e. The van der Waals surface area contributed by atoms with E-state index >= 15 is 0 Å². The van der Waals surface area contributed by atoms with Gasteiger partial charge >= 0.3 is 0 Å². The number of hydrogen-bond donors (Lipinski definition) is 0. The van der Waals surface area contributed by atoms with Gasteiger partial charge in [0.25, 0.3) is 0 Å². The minimum absolute atomic E-state index is 0.791. The van der Waals surface area contributed by atoms with Crippen LogP contribution in [0, 0.1) is 3.70 Å². The highest BCUT2D eigenvalue weighted by molar-refractivity contribution is 14.1. The van der Waals surface area contributed by atoms with Crippen LogP contribution in [-0.4, -0.2) is 9.38 Å². The van der Waals surface area contributed by atoms with Gasteiger partial charge in [-0.15, -0.1) is 0 Å². The summed E-state index contributed by atoms with van der Waals surface area (Å²) in [5.74, 6) is 1.64. The van der Waals surface area contributed by atoms with Crippen LogP contribution >= 0.6 is 22.6 Å². The van der Waals surface area contributed by atoms with Crippen LogP contribution < -0.4 is 0 Å². The first-order chi connectivity index (χ1) is 7.36. The number of hydrogen-bond acceptors (Lipinski definition) is 2. The van der Waals surface area contributed by atoms with Crippen LogP contribution in [-0.2, 0) is 0 Å². The SMILES string of the molecule is Ic1nc(-c2ccco2)n2ccccc12. The molecule has 0 N–H and O–H groups in total. The maximum atomic E-state index is 5.35. The van der Waals surface area contributed by atoms with E-state index in [4.69, 9.17) is 4.42 Å². The molecule has 0 aliphatic heterocycles. The maximum absolute atomic E-state index is 5.35. The third-order valence-electron chi connectivity index (χ3n) is 2.25. The summed E-state index contributed by atoms with van der Waals surface area (Å²) in [4.78, 5) is 4.49. The van der Waals surface area contributed by atoms with Crippen LogP contribution in [0.15, 0.2) is 47.2 Å². The number of rotatable bonds is 1. The zero-order valence-corrected chi connectivity index (χ0v) is 9.88. The van der Waals surface area contributed by atoms with Gasteiger partial charge in [0, 0.05) is 6.20 Å². The third-order valence-corrected chi connectivity index (χ3v) is 3.04. The van der Waals surface area contributed by atoms with Crippen molar-refractivity contribution in [3.8, 4) is 11.6 Å². The summed E-state index contributed by atoms with van der Waals surface area (Å²) in [7, 11) is 0. The Balaban J connectivity index is 2.37. The van der Waals surface area contributed by atoms with Crippen molar-refractivity contribution in [2.75, 3.05) is 0 Å². The van der Waals surface area contributed by atoms with Gasteiger partial charge in [0.2, 0.25) is 0 Å². The second-order valence-electron chi connectivity index (χ2n) is 3.16. The molecule has 3 aromatic rings. The molecule has 0 aliphatic rings. The van der Waals surface area contributed by atoms with Crippen LogP contribution in [0.25, 0.3) is 17.1 Å². The van der Waals surface area contributed by atoms with E-state index in [9.17, 15) is 0 Å². The molecule has 74 valence electrons. The van der Waals surface area contributed by atoms with E-state index in [1.54, 1.807) is 6.26 Å². The number of fused-ring (bicyclic) bond motifs is 1. The average Bonchev–Trinajstić information content (AvgIpc) is 2.87. The van der Waals surface area contributed by atoms with Crippen molar-refractivity contribution in [3.05, 3.63) is 46.5 Å². The molecule has 0 bridgehead atoms. The van der Waals surface area contributed by atoms with E-state index in [1.807, 2.05) is 40.9 Å². The molecule has 0 radical (unpaired) electrons. The van der Waals surface area contributed by atoms with Gasteiger partial charge in [-0.05, 0) is 46.9 Å². The quantitative estimate of drug-likeness (QED) is 0.646. The highest BCUT2D eigenvalue weighted by Crippen LogP contribution is 2.23. The van der Waals surface area contributed by atoms with Gasteiger partial charge in [-0.1, -0.05) is 6.07 Å². The lowest BCUT2D eigenvalue weighted by atomic mass is 10.4. The summed E-state index contributed by atoms with van der Waals surface area (Å²) >= 11 is 2.23. The normalized spacial score (nSPS) is 11.0. The van der Waals surface area contributed by atoms with Gasteiger partial charge in [-0.3, -0.25) is 4.40 Å². The van der Waals surface area contributed by atoms with E-state index in [-0.39, 0.29) is 0 Å². The van der Waals surface area contributed by atoms with Gasteiger partial charge in [-0.25, -0.2) is 4.98 Å². The van der Waals surface area contributed by atoms with Crippen molar-refractivity contribution in [3.63, 3.8) is 0 Å². The lowest BCUT2D eigenvalue weighted by Crippen LogP contribution is -1.86. The molecule has 0 amide bonds. The molecular formula is C11H7IN2O. The molecule has 3 nitrogen and oxygen atoms in total. The highest BCUT2D eigenvalue weighted by atomic mass is 127. The predicted molar refractivity (Wildman–Crippen MR) is 65.6 cm³/mol. The van der Waals surface area contributed by atoms with Crippen molar-refractivity contribution in [2.45, 2.75) is 0 Å². The van der Waals surface area contributed by atoms with Crippen molar-refractivity contribution in [1.82, 2.24) is 9.38 Å². The number of furan rings is 1. The van der Waals surface area contributed by atoms with Gasteiger partial charge in [0.05, 0.1) is 11.8 Å². The van der Waals surface area contributed by atoms with Crippen LogP contribution in [0.4, 0.5) is 0 Å². The second-order valence-corrected chi connectivity index (χ2v) is 4.18. The Kier molecular flexibility index (Phi) is 2.02. The first kappa shape index (κ1) is 8.96. The van der Waals surface area contributed by atoms with Crippen LogP contribution in [0.3, 0.4) is 0 Å². The number of aromatic nitrogens is 2. The summed E-state index contributed by atoms with van der Waals surface area (Å²) in [5.41, 5.74) is 1.10. The molecule has 0 saturated heterocycles. The van der Waals surface area contributed by atoms with E-state index in [0.29, 0.717) is 0 Å². The van der Waals surface area contributed by atoms with Gasteiger partial charge in [-0.2, -0.15) is 0 Å². The Hall–Kier alpha value is -1.30. The lowest BCUT2D eigenvalue weighted by molar-refractivity contribution is 0.577. The fraction of sp³-hybridized carbons (Fsp3) is 0. The van der Waals surface area contributed by atoms with Crippen molar-refractivity contribution in [2.24, 2.45) is 0 Å². The van der Waals surface area contributed by atoms with Crippen LogP contribution in [0.1, 0.15) is 0 Å². The third kappa shape index (κ3) is 1.36. The van der Waals surface area contributed by atoms with Gasteiger partial charge < -0.3 is 4.42 Å². The summed E-state index contributed by atoms with van der Waals surface area (Å²) in [6, 6.07) is 9.81. The molecule has 0 spiro atoms. The average molecular weight is 310 g/mol. The molecule has 0 fully saturated rings. The first-order valence-electron chi connectivity index (χ1n) is 4.53. The fourth-order valence-corrected chi connectivity index (χ4v) is 2.25. The molecular weight excluding hydrogens is 303 g/mol. The standard InChI is InChI=1S/C11H7IN2O/c12-10-8-4-1-2-6-14(8)11(13-10)9-5-3-7-15-9/h1-7H. The van der Waals surface area contributed by atoms with Crippen molar-refractivity contribution < 1.29 is 4.42 Å². The second kappa shape index (κ2) is 3.37. The summed E-state index contributed by atoms with van der Waals surface area (Å²) in [5, 5.41) is 0. The topological polar surface area (TPSA) is 30.4 Å². The molecule has 0 unspecified atom stereocenters. The number of halogens is 1. The lowest BCUT2D eigenvalue weighted by Gasteiger charge is -1.96. The Morgan fingerprint density at radius 2 is 2.13 bits per heavy atom. The summed E-state index contributed by atoms with van der Waals surface area (Å²) in [6.07, 6.45) is 3.65. The largest absolute Gasteiger partial charge is 0.461 e. The summed E-state index contributed by atoms with van der Waals surface area (Å²) in [6.45, 7) is 0. The zero-order valence-electron chi connectivity index (χ0n) is 7.72. The molecule has 15 heavy (non-hydrogen) atoms. The molecule has 4 heteroatoms. The molecule has 3 rings (SSSR count). The number of imidazole rings is 1. The first-order valence-corrected chi connectivity index (χ1v) is 5.60. The molecule has 3 heterocycles. The molecule has 0 aliphatic carbocycles. The molecule has 3 aromatic heterocycles. The number of pyridine rings is 1. The van der Waals surface area contributed by atoms with Gasteiger partial charge in [0.1, 0.15) is 3.70 Å². The van der Waals surface area contributed by atoms with E-state index in [0.717, 1.165) is 20.8 Å². The number of nitrogens with zero attached hydrogens (tertiary/aromatic N) is 2. The Morgan fingerprint density at radius 1 is 1.20 bits per heavy atom. The molecule has 0 saturated carbocycles. The van der Waals surface area contributed by atoms with Crippen LogP contribution in [0.5, 0.6) is 0 Å². The Labute approximate surface area is 99.9 Å². The van der Waals surface area contributed by atoms with Gasteiger partial charge in [0.15, 0.2) is 11.6 Å². The fourth-order valence-electron chi connectivity index (χ4n) is 1.58. The predicted octanol–water partition coefficient (Wildman–Crippen LogP) is 3.20. The monoisotopic (exact) mass is 310 g/mol. The Bertz CT molecular complexity index is 598. The summed E-state index contributed by atoms with van der Waals surface area (Å²) < 4.78 is 8.37. The minimum Gasteiger partial charge on any atom is -0.461 e.